The molecule has 1 aliphatic rings. The highest BCUT2D eigenvalue weighted by Gasteiger charge is 2.49. The van der Waals surface area contributed by atoms with E-state index in [9.17, 15) is 14.7 Å². The molecule has 4 heteroatoms. The van der Waals surface area contributed by atoms with Gasteiger partial charge in [0.25, 0.3) is 0 Å². The van der Waals surface area contributed by atoms with Gasteiger partial charge in [0.1, 0.15) is 5.41 Å². The molecule has 0 saturated heterocycles. The number of carbonyl (C=O) groups is 2. The van der Waals surface area contributed by atoms with Gasteiger partial charge in [-0.1, -0.05) is 54.6 Å². The number of rotatable bonds is 4. The molecule has 0 unspecified atom stereocenters. The van der Waals surface area contributed by atoms with Gasteiger partial charge in [0.2, 0.25) is 0 Å². The van der Waals surface area contributed by atoms with Crippen molar-refractivity contribution in [1.29, 1.82) is 0 Å². The maximum Gasteiger partial charge on any atom is 0.321 e. The molecule has 0 aromatic heterocycles. The summed E-state index contributed by atoms with van der Waals surface area (Å²) in [5.74, 6) is -1.76. The summed E-state index contributed by atoms with van der Waals surface area (Å²) in [5.41, 5.74) is 1.35. The predicted octanol–water partition coefficient (Wildman–Crippen LogP) is 3.50. The molecule has 2 aromatic carbocycles. The minimum Gasteiger partial charge on any atom is -0.481 e. The average Bonchev–Trinajstić information content (AvgIpc) is 2.61. The number of hydrogen-bond acceptors (Lipinski definition) is 3. The lowest BCUT2D eigenvalue weighted by Gasteiger charge is -2.39. The molecule has 0 saturated carbocycles. The van der Waals surface area contributed by atoms with Gasteiger partial charge < -0.3 is 9.84 Å². The third kappa shape index (κ3) is 2.48. The highest BCUT2D eigenvalue weighted by molar-refractivity contribution is 5.90. The Hall–Kier alpha value is -2.62. The largest absolute Gasteiger partial charge is 0.481 e. The van der Waals surface area contributed by atoms with Gasteiger partial charge >= 0.3 is 11.9 Å². The van der Waals surface area contributed by atoms with Crippen molar-refractivity contribution in [1.82, 2.24) is 0 Å². The second kappa shape index (κ2) is 6.48. The summed E-state index contributed by atoms with van der Waals surface area (Å²) in [5, 5.41) is 9.55. The Morgan fingerprint density at radius 2 is 1.79 bits per heavy atom. The van der Waals surface area contributed by atoms with Crippen LogP contribution in [0.25, 0.3) is 0 Å². The molecular weight excluding hydrogens is 304 g/mol. The zero-order valence-electron chi connectivity index (χ0n) is 13.6. The summed E-state index contributed by atoms with van der Waals surface area (Å²) >= 11 is 0. The SMILES string of the molecule is CCOC(=O)[C@@]1(c2ccccc2)CC[C@H](C(=O)O)c2ccccc21. The average molecular weight is 324 g/mol. The molecule has 1 N–H and O–H groups in total. The van der Waals surface area contributed by atoms with E-state index in [0.29, 0.717) is 18.4 Å². The normalized spacial score (nSPS) is 22.5. The van der Waals surface area contributed by atoms with Gasteiger partial charge in [-0.25, -0.2) is 0 Å². The topological polar surface area (TPSA) is 63.6 Å². The Morgan fingerprint density at radius 3 is 2.46 bits per heavy atom. The molecule has 0 bridgehead atoms. The lowest BCUT2D eigenvalue weighted by atomic mass is 9.63. The molecule has 2 aromatic rings. The van der Waals surface area contributed by atoms with E-state index in [-0.39, 0.29) is 12.6 Å². The van der Waals surface area contributed by atoms with Crippen molar-refractivity contribution in [3.8, 4) is 0 Å². The van der Waals surface area contributed by atoms with Crippen molar-refractivity contribution < 1.29 is 19.4 Å². The van der Waals surface area contributed by atoms with E-state index in [1.165, 1.54) is 0 Å². The molecule has 0 aliphatic heterocycles. The van der Waals surface area contributed by atoms with Crippen molar-refractivity contribution in [3.63, 3.8) is 0 Å². The molecule has 0 heterocycles. The van der Waals surface area contributed by atoms with Crippen molar-refractivity contribution >= 4 is 11.9 Å². The number of ether oxygens (including phenoxy) is 1. The van der Waals surface area contributed by atoms with Crippen molar-refractivity contribution in [2.24, 2.45) is 0 Å². The van der Waals surface area contributed by atoms with E-state index in [2.05, 4.69) is 0 Å². The molecule has 124 valence electrons. The summed E-state index contributed by atoms with van der Waals surface area (Å²) in [7, 11) is 0. The first-order valence-electron chi connectivity index (χ1n) is 8.16. The number of benzene rings is 2. The molecule has 24 heavy (non-hydrogen) atoms. The van der Waals surface area contributed by atoms with E-state index in [1.54, 1.807) is 6.92 Å². The molecule has 0 amide bonds. The number of carboxylic acids is 1. The van der Waals surface area contributed by atoms with Gasteiger partial charge in [-0.3, -0.25) is 9.59 Å². The zero-order chi connectivity index (χ0) is 17.2. The fourth-order valence-electron chi connectivity index (χ4n) is 3.70. The van der Waals surface area contributed by atoms with Crippen LogP contribution in [0.15, 0.2) is 54.6 Å². The fraction of sp³-hybridized carbons (Fsp3) is 0.300. The highest BCUT2D eigenvalue weighted by Crippen LogP contribution is 2.47. The Morgan fingerprint density at radius 1 is 1.12 bits per heavy atom. The summed E-state index contributed by atoms with van der Waals surface area (Å²) in [6.45, 7) is 2.07. The van der Waals surface area contributed by atoms with E-state index >= 15 is 0 Å². The van der Waals surface area contributed by atoms with Crippen LogP contribution in [0.4, 0.5) is 0 Å². The lowest BCUT2D eigenvalue weighted by molar-refractivity contribution is -0.150. The van der Waals surface area contributed by atoms with Crippen LogP contribution in [-0.2, 0) is 19.7 Å². The van der Waals surface area contributed by atoms with Gasteiger partial charge in [-0.15, -0.1) is 0 Å². The quantitative estimate of drug-likeness (QED) is 0.874. The van der Waals surface area contributed by atoms with Crippen molar-refractivity contribution in [2.75, 3.05) is 6.61 Å². The van der Waals surface area contributed by atoms with E-state index < -0.39 is 17.3 Å². The van der Waals surface area contributed by atoms with Crippen LogP contribution >= 0.6 is 0 Å². The van der Waals surface area contributed by atoms with Crippen LogP contribution in [0.5, 0.6) is 0 Å². The standard InChI is InChI=1S/C20H20O4/c1-2-24-19(23)20(14-8-4-3-5-9-14)13-12-16(18(21)22)15-10-6-7-11-17(15)20/h3-11,16H,2,12-13H2,1H3,(H,21,22)/t16-,20+/m0/s1. The van der Waals surface area contributed by atoms with Gasteiger partial charge in [0.05, 0.1) is 12.5 Å². The zero-order valence-corrected chi connectivity index (χ0v) is 13.6. The molecule has 2 atom stereocenters. The third-order valence-electron chi connectivity index (χ3n) is 4.79. The number of fused-ring (bicyclic) bond motifs is 1. The Balaban J connectivity index is 2.25. The Kier molecular flexibility index (Phi) is 4.38. The molecule has 3 rings (SSSR count). The Bertz CT molecular complexity index is 753. The maximum atomic E-state index is 13.0. The van der Waals surface area contributed by atoms with E-state index in [1.807, 2.05) is 54.6 Å². The fourth-order valence-corrected chi connectivity index (χ4v) is 3.70. The molecular formula is C20H20O4. The molecule has 0 spiro atoms. The summed E-state index contributed by atoms with van der Waals surface area (Å²) in [6.07, 6.45) is 0.823. The van der Waals surface area contributed by atoms with Crippen molar-refractivity contribution in [2.45, 2.75) is 31.1 Å². The van der Waals surface area contributed by atoms with Crippen LogP contribution in [0.1, 0.15) is 42.4 Å². The minimum absolute atomic E-state index is 0.290. The number of carbonyl (C=O) groups excluding carboxylic acids is 1. The smallest absolute Gasteiger partial charge is 0.321 e. The number of aliphatic carboxylic acids is 1. The van der Waals surface area contributed by atoms with Gasteiger partial charge in [-0.2, -0.15) is 0 Å². The predicted molar refractivity (Wildman–Crippen MR) is 89.9 cm³/mol. The second-order valence-corrected chi connectivity index (χ2v) is 6.01. The second-order valence-electron chi connectivity index (χ2n) is 6.01. The summed E-state index contributed by atoms with van der Waals surface area (Å²) < 4.78 is 5.41. The molecule has 0 radical (unpaired) electrons. The molecule has 1 aliphatic carbocycles. The lowest BCUT2D eigenvalue weighted by Crippen LogP contribution is -2.43. The summed E-state index contributed by atoms with van der Waals surface area (Å²) in [4.78, 5) is 24.6. The minimum atomic E-state index is -0.945. The van der Waals surface area contributed by atoms with Crippen LogP contribution in [0, 0.1) is 0 Å². The van der Waals surface area contributed by atoms with E-state index in [0.717, 1.165) is 11.1 Å². The highest BCUT2D eigenvalue weighted by atomic mass is 16.5. The Labute approximate surface area is 141 Å². The first-order valence-corrected chi connectivity index (χ1v) is 8.16. The van der Waals surface area contributed by atoms with Gasteiger partial charge in [0.15, 0.2) is 0 Å². The van der Waals surface area contributed by atoms with Crippen LogP contribution in [0.2, 0.25) is 0 Å². The van der Waals surface area contributed by atoms with Crippen LogP contribution in [-0.4, -0.2) is 23.7 Å². The summed E-state index contributed by atoms with van der Waals surface area (Å²) in [6, 6.07) is 16.8. The number of carboxylic acid groups (broad SMARTS) is 1. The monoisotopic (exact) mass is 324 g/mol. The molecule has 4 nitrogen and oxygen atoms in total. The van der Waals surface area contributed by atoms with E-state index in [4.69, 9.17) is 4.74 Å². The first-order chi connectivity index (χ1) is 11.6. The van der Waals surface area contributed by atoms with Crippen LogP contribution in [0.3, 0.4) is 0 Å². The number of esters is 1. The van der Waals surface area contributed by atoms with Gasteiger partial charge in [-0.05, 0) is 36.5 Å². The van der Waals surface area contributed by atoms with Crippen LogP contribution < -0.4 is 0 Å². The third-order valence-corrected chi connectivity index (χ3v) is 4.79. The molecule has 0 fully saturated rings. The number of hydrogen-bond donors (Lipinski definition) is 1. The first kappa shape index (κ1) is 16.2. The van der Waals surface area contributed by atoms with Gasteiger partial charge in [0, 0.05) is 0 Å². The maximum absolute atomic E-state index is 13.0. The van der Waals surface area contributed by atoms with Crippen molar-refractivity contribution in [3.05, 3.63) is 71.3 Å².